The molecule has 0 aromatic carbocycles. The fraction of sp³-hybridized carbons (Fsp3) is 0.929. The predicted octanol–water partition coefficient (Wildman–Crippen LogP) is 0.423. The summed E-state index contributed by atoms with van der Waals surface area (Å²) in [4.78, 5) is 11.8. The monoisotopic (exact) mass is 267 g/mol. The number of likely N-dealkylation sites (tertiary alicyclic amines) is 1. The van der Waals surface area contributed by atoms with Gasteiger partial charge in [0, 0.05) is 26.2 Å². The molecule has 5 heteroatoms. The summed E-state index contributed by atoms with van der Waals surface area (Å²) in [6.07, 6.45) is 2.37. The fourth-order valence-electron chi connectivity index (χ4n) is 3.24. The molecule has 2 aliphatic rings. The van der Waals surface area contributed by atoms with Crippen LogP contribution >= 0.6 is 0 Å². The lowest BCUT2D eigenvalue weighted by molar-refractivity contribution is 0.0913. The Balaban J connectivity index is 1.97. The SMILES string of the molecule is CCN(CC)CCN1C(N)=NCC12CCN(C)CC2. The number of nitrogens with zero attached hydrogens (tertiary/aromatic N) is 4. The van der Waals surface area contributed by atoms with Gasteiger partial charge in [0.15, 0.2) is 5.96 Å². The summed E-state index contributed by atoms with van der Waals surface area (Å²) >= 11 is 0. The van der Waals surface area contributed by atoms with Gasteiger partial charge in [-0.15, -0.1) is 0 Å². The van der Waals surface area contributed by atoms with Crippen LogP contribution in [0.15, 0.2) is 4.99 Å². The Morgan fingerprint density at radius 1 is 1.26 bits per heavy atom. The highest BCUT2D eigenvalue weighted by Crippen LogP contribution is 2.32. The molecule has 110 valence electrons. The van der Waals surface area contributed by atoms with Crippen LogP contribution in [0.1, 0.15) is 26.7 Å². The van der Waals surface area contributed by atoms with E-state index >= 15 is 0 Å². The highest BCUT2D eigenvalue weighted by molar-refractivity contribution is 5.81. The molecule has 1 spiro atoms. The van der Waals surface area contributed by atoms with Crippen molar-refractivity contribution >= 4 is 5.96 Å². The number of rotatable bonds is 5. The van der Waals surface area contributed by atoms with Crippen LogP contribution in [0.3, 0.4) is 0 Å². The second-order valence-electron chi connectivity index (χ2n) is 5.88. The van der Waals surface area contributed by atoms with E-state index in [1.165, 1.54) is 12.8 Å². The Morgan fingerprint density at radius 3 is 2.47 bits per heavy atom. The number of likely N-dealkylation sites (N-methyl/N-ethyl adjacent to an activating group) is 1. The molecule has 1 saturated heterocycles. The Kier molecular flexibility index (Phi) is 4.68. The number of aliphatic imine (C=N–C) groups is 1. The van der Waals surface area contributed by atoms with Gasteiger partial charge in [0.25, 0.3) is 0 Å². The van der Waals surface area contributed by atoms with Gasteiger partial charge in [-0.25, -0.2) is 0 Å². The van der Waals surface area contributed by atoms with Crippen molar-refractivity contribution in [3.05, 3.63) is 0 Å². The molecule has 0 bridgehead atoms. The molecular weight excluding hydrogens is 238 g/mol. The second-order valence-corrected chi connectivity index (χ2v) is 5.88. The predicted molar refractivity (Wildman–Crippen MR) is 80.4 cm³/mol. The topological polar surface area (TPSA) is 48.1 Å². The molecule has 0 unspecified atom stereocenters. The summed E-state index contributed by atoms with van der Waals surface area (Å²) in [5.41, 5.74) is 6.34. The second kappa shape index (κ2) is 6.09. The van der Waals surface area contributed by atoms with Gasteiger partial charge in [-0.05, 0) is 33.0 Å². The van der Waals surface area contributed by atoms with Gasteiger partial charge in [0.05, 0.1) is 12.1 Å². The van der Waals surface area contributed by atoms with Crippen molar-refractivity contribution in [3.8, 4) is 0 Å². The van der Waals surface area contributed by atoms with E-state index in [0.29, 0.717) is 0 Å². The lowest BCUT2D eigenvalue weighted by Gasteiger charge is -2.45. The lowest BCUT2D eigenvalue weighted by Crippen LogP contribution is -2.58. The minimum Gasteiger partial charge on any atom is -0.370 e. The van der Waals surface area contributed by atoms with E-state index < -0.39 is 0 Å². The van der Waals surface area contributed by atoms with Crippen LogP contribution in [0.2, 0.25) is 0 Å². The van der Waals surface area contributed by atoms with Crippen LogP contribution in [0.25, 0.3) is 0 Å². The van der Waals surface area contributed by atoms with E-state index in [2.05, 4.69) is 40.6 Å². The van der Waals surface area contributed by atoms with Crippen molar-refractivity contribution in [1.82, 2.24) is 14.7 Å². The van der Waals surface area contributed by atoms with Crippen LogP contribution < -0.4 is 5.73 Å². The van der Waals surface area contributed by atoms with Gasteiger partial charge < -0.3 is 20.4 Å². The molecule has 2 heterocycles. The molecule has 19 heavy (non-hydrogen) atoms. The maximum absolute atomic E-state index is 6.13. The fourth-order valence-corrected chi connectivity index (χ4v) is 3.24. The highest BCUT2D eigenvalue weighted by Gasteiger charge is 2.43. The third-order valence-corrected chi connectivity index (χ3v) is 4.84. The third kappa shape index (κ3) is 3.03. The van der Waals surface area contributed by atoms with Crippen molar-refractivity contribution in [2.45, 2.75) is 32.2 Å². The van der Waals surface area contributed by atoms with Crippen molar-refractivity contribution < 1.29 is 0 Å². The molecule has 0 aliphatic carbocycles. The Bertz CT molecular complexity index is 316. The highest BCUT2D eigenvalue weighted by atomic mass is 15.4. The van der Waals surface area contributed by atoms with Crippen molar-refractivity contribution in [3.63, 3.8) is 0 Å². The summed E-state index contributed by atoms with van der Waals surface area (Å²) in [6, 6.07) is 0. The Hall–Kier alpha value is -0.810. The van der Waals surface area contributed by atoms with Crippen LogP contribution in [-0.4, -0.2) is 79.1 Å². The van der Waals surface area contributed by atoms with Gasteiger partial charge in [0.1, 0.15) is 0 Å². The molecule has 0 aromatic rings. The van der Waals surface area contributed by atoms with Crippen LogP contribution in [0.5, 0.6) is 0 Å². The molecule has 5 nitrogen and oxygen atoms in total. The minimum absolute atomic E-state index is 0.212. The Labute approximate surface area is 117 Å². The summed E-state index contributed by atoms with van der Waals surface area (Å²) in [7, 11) is 2.20. The summed E-state index contributed by atoms with van der Waals surface area (Å²) in [5, 5.41) is 0. The summed E-state index contributed by atoms with van der Waals surface area (Å²) < 4.78 is 0. The molecule has 0 atom stereocenters. The summed E-state index contributed by atoms with van der Waals surface area (Å²) in [5.74, 6) is 0.761. The number of hydrogen-bond donors (Lipinski definition) is 1. The smallest absolute Gasteiger partial charge is 0.191 e. The molecule has 2 N–H and O–H groups in total. The normalized spacial score (nSPS) is 23.4. The van der Waals surface area contributed by atoms with Gasteiger partial charge in [0.2, 0.25) is 0 Å². The van der Waals surface area contributed by atoms with Gasteiger partial charge in [-0.1, -0.05) is 13.8 Å². The van der Waals surface area contributed by atoms with Crippen LogP contribution in [0, 0.1) is 0 Å². The molecule has 1 fully saturated rings. The molecule has 2 aliphatic heterocycles. The molecule has 0 amide bonds. The molecule has 0 saturated carbocycles. The average molecular weight is 267 g/mol. The largest absolute Gasteiger partial charge is 0.370 e. The first-order chi connectivity index (χ1) is 9.11. The minimum atomic E-state index is 0.212. The zero-order valence-corrected chi connectivity index (χ0v) is 12.7. The number of nitrogens with two attached hydrogens (primary N) is 1. The Morgan fingerprint density at radius 2 is 1.89 bits per heavy atom. The first kappa shape index (κ1) is 14.6. The van der Waals surface area contributed by atoms with E-state index in [-0.39, 0.29) is 5.54 Å². The molecule has 2 rings (SSSR count). The van der Waals surface area contributed by atoms with Crippen molar-refractivity contribution in [1.29, 1.82) is 0 Å². The van der Waals surface area contributed by atoms with E-state index in [1.807, 2.05) is 0 Å². The maximum Gasteiger partial charge on any atom is 0.191 e. The van der Waals surface area contributed by atoms with Crippen LogP contribution in [0.4, 0.5) is 0 Å². The van der Waals surface area contributed by atoms with Crippen LogP contribution in [-0.2, 0) is 0 Å². The van der Waals surface area contributed by atoms with Crippen molar-refractivity contribution in [2.75, 3.05) is 52.9 Å². The molecule has 0 aromatic heterocycles. The number of piperidine rings is 1. The lowest BCUT2D eigenvalue weighted by atomic mass is 9.86. The standard InChI is InChI=1S/C14H29N5/c1-4-18(5-2)10-11-19-13(15)16-12-14(19)6-8-17(3)9-7-14/h4-12H2,1-3H3,(H2,15,16). The van der Waals surface area contributed by atoms with Gasteiger partial charge in [-0.3, -0.25) is 4.99 Å². The number of hydrogen-bond acceptors (Lipinski definition) is 5. The first-order valence-electron chi connectivity index (χ1n) is 7.60. The maximum atomic E-state index is 6.13. The summed E-state index contributed by atoms with van der Waals surface area (Å²) in [6.45, 7) is 12.0. The van der Waals surface area contributed by atoms with Gasteiger partial charge in [-0.2, -0.15) is 0 Å². The van der Waals surface area contributed by atoms with E-state index in [1.54, 1.807) is 0 Å². The zero-order valence-electron chi connectivity index (χ0n) is 12.7. The van der Waals surface area contributed by atoms with Crippen molar-refractivity contribution in [2.24, 2.45) is 10.7 Å². The zero-order chi connectivity index (χ0) is 13.9. The first-order valence-corrected chi connectivity index (χ1v) is 7.60. The van der Waals surface area contributed by atoms with E-state index in [4.69, 9.17) is 5.73 Å². The van der Waals surface area contributed by atoms with E-state index in [9.17, 15) is 0 Å². The van der Waals surface area contributed by atoms with Gasteiger partial charge >= 0.3 is 0 Å². The number of guanidine groups is 1. The van der Waals surface area contributed by atoms with E-state index in [0.717, 1.165) is 51.8 Å². The average Bonchev–Trinajstić information content (AvgIpc) is 2.72. The molecule has 0 radical (unpaired) electrons. The third-order valence-electron chi connectivity index (χ3n) is 4.84. The molecular formula is C14H29N5. The quantitative estimate of drug-likeness (QED) is 0.784.